The topological polar surface area (TPSA) is 58.2 Å². The van der Waals surface area contributed by atoms with Gasteiger partial charge in [-0.1, -0.05) is 12.2 Å². The Hall–Kier alpha value is -1.62. The van der Waals surface area contributed by atoms with E-state index in [4.69, 9.17) is 0 Å². The fourth-order valence-electron chi connectivity index (χ4n) is 2.75. The molecule has 3 rings (SSSR count). The van der Waals surface area contributed by atoms with Crippen LogP contribution in [-0.2, 0) is 17.6 Å². The summed E-state index contributed by atoms with van der Waals surface area (Å²) in [5.74, 6) is -0.315. The molecule has 0 radical (unpaired) electrons. The van der Waals surface area contributed by atoms with Gasteiger partial charge in [0.2, 0.25) is 5.91 Å². The molecule has 0 saturated heterocycles. The van der Waals surface area contributed by atoms with Gasteiger partial charge in [0.15, 0.2) is 0 Å². The number of hydrazine groups is 1. The monoisotopic (exact) mass is 290 g/mol. The van der Waals surface area contributed by atoms with Crippen molar-refractivity contribution in [3.63, 3.8) is 0 Å². The normalized spacial score (nSPS) is 20.5. The van der Waals surface area contributed by atoms with Crippen molar-refractivity contribution >= 4 is 23.2 Å². The quantitative estimate of drug-likeness (QED) is 0.649. The highest BCUT2D eigenvalue weighted by molar-refractivity contribution is 7.14. The summed E-state index contributed by atoms with van der Waals surface area (Å²) in [6.45, 7) is 0. The zero-order chi connectivity index (χ0) is 13.9. The predicted molar refractivity (Wildman–Crippen MR) is 78.4 cm³/mol. The number of allylic oxidation sites excluding steroid dienone is 2. The fourth-order valence-corrected chi connectivity index (χ4v) is 3.90. The van der Waals surface area contributed by atoms with Crippen LogP contribution in [0.15, 0.2) is 18.2 Å². The third-order valence-electron chi connectivity index (χ3n) is 3.91. The van der Waals surface area contributed by atoms with Crippen LogP contribution in [0.4, 0.5) is 0 Å². The Balaban J connectivity index is 1.53. The smallest absolute Gasteiger partial charge is 0.273 e. The molecule has 0 aliphatic heterocycles. The van der Waals surface area contributed by atoms with Crippen LogP contribution in [0.5, 0.6) is 0 Å². The molecule has 1 aromatic heterocycles. The lowest BCUT2D eigenvalue weighted by Crippen LogP contribution is -2.44. The summed E-state index contributed by atoms with van der Waals surface area (Å²) in [5.41, 5.74) is 6.38. The zero-order valence-electron chi connectivity index (χ0n) is 11.3. The van der Waals surface area contributed by atoms with Crippen molar-refractivity contribution in [1.82, 2.24) is 10.9 Å². The lowest BCUT2D eigenvalue weighted by atomic mass is 9.94. The Kier molecular flexibility index (Phi) is 3.87. The average molecular weight is 290 g/mol. The van der Waals surface area contributed by atoms with Gasteiger partial charge in [0, 0.05) is 10.8 Å². The van der Waals surface area contributed by atoms with Crippen molar-refractivity contribution in [3.8, 4) is 0 Å². The first-order valence-electron chi connectivity index (χ1n) is 7.11. The van der Waals surface area contributed by atoms with Gasteiger partial charge in [0.05, 0.1) is 4.88 Å². The van der Waals surface area contributed by atoms with Crippen molar-refractivity contribution < 1.29 is 9.59 Å². The number of nitrogens with one attached hydrogen (secondary N) is 2. The molecule has 2 aliphatic carbocycles. The molecule has 1 atom stereocenters. The second-order valence-corrected chi connectivity index (χ2v) is 6.47. The molecule has 0 fully saturated rings. The van der Waals surface area contributed by atoms with Gasteiger partial charge in [0.25, 0.3) is 5.91 Å². The van der Waals surface area contributed by atoms with Crippen molar-refractivity contribution in [1.29, 1.82) is 0 Å². The van der Waals surface area contributed by atoms with E-state index in [1.807, 2.05) is 12.1 Å². The van der Waals surface area contributed by atoms with E-state index in [0.29, 0.717) is 4.88 Å². The van der Waals surface area contributed by atoms with Crippen LogP contribution in [0, 0.1) is 5.92 Å². The van der Waals surface area contributed by atoms with Crippen LogP contribution in [0.2, 0.25) is 0 Å². The maximum atomic E-state index is 12.0. The molecule has 106 valence electrons. The maximum absolute atomic E-state index is 12.0. The number of hydrogen-bond acceptors (Lipinski definition) is 3. The molecule has 0 spiro atoms. The second-order valence-electron chi connectivity index (χ2n) is 5.34. The fraction of sp³-hybridized carbons (Fsp3) is 0.467. The van der Waals surface area contributed by atoms with Crippen molar-refractivity contribution in [2.45, 2.75) is 38.5 Å². The van der Waals surface area contributed by atoms with Crippen LogP contribution < -0.4 is 10.9 Å². The third-order valence-corrected chi connectivity index (χ3v) is 5.15. The molecule has 2 N–H and O–H groups in total. The molecule has 4 nitrogen and oxygen atoms in total. The lowest BCUT2D eigenvalue weighted by molar-refractivity contribution is -0.126. The minimum absolute atomic E-state index is 0.0198. The van der Waals surface area contributed by atoms with E-state index >= 15 is 0 Å². The standard InChI is InChI=1S/C15H18N2O2S/c18-14(10-5-2-1-3-6-10)16-17-15(19)13-9-11-7-4-8-12(11)20-13/h1-2,9-10H,3-8H2,(H,16,18)(H,17,19)/t10-/m1/s1. The number of hydrogen-bond donors (Lipinski definition) is 2. The first kappa shape index (κ1) is 13.4. The largest absolute Gasteiger partial charge is 0.279 e. The molecular weight excluding hydrogens is 272 g/mol. The Bertz CT molecular complexity index is 541. The molecule has 2 aliphatic rings. The van der Waals surface area contributed by atoms with Gasteiger partial charge in [-0.3, -0.25) is 20.4 Å². The van der Waals surface area contributed by atoms with Gasteiger partial charge in [-0.25, -0.2) is 0 Å². The molecule has 0 unspecified atom stereocenters. The Morgan fingerprint density at radius 1 is 1.20 bits per heavy atom. The summed E-state index contributed by atoms with van der Waals surface area (Å²) in [4.78, 5) is 25.9. The number of thiophene rings is 1. The highest BCUT2D eigenvalue weighted by atomic mass is 32.1. The van der Waals surface area contributed by atoms with Crippen molar-refractivity contribution in [2.24, 2.45) is 5.92 Å². The predicted octanol–water partition coefficient (Wildman–Crippen LogP) is 2.35. The highest BCUT2D eigenvalue weighted by Gasteiger charge is 2.21. The first-order valence-corrected chi connectivity index (χ1v) is 7.92. The molecule has 0 aromatic carbocycles. The SMILES string of the molecule is O=C(NNC(=O)[C@@H]1CC=CCC1)c1cc2c(s1)CCC2. The van der Waals surface area contributed by atoms with Crippen LogP contribution in [-0.4, -0.2) is 11.8 Å². The van der Waals surface area contributed by atoms with Gasteiger partial charge in [-0.2, -0.15) is 0 Å². The molecular formula is C15H18N2O2S. The first-order chi connectivity index (χ1) is 9.74. The van der Waals surface area contributed by atoms with E-state index < -0.39 is 0 Å². The van der Waals surface area contributed by atoms with E-state index in [0.717, 1.165) is 32.1 Å². The number of carbonyl (C=O) groups is 2. The van der Waals surface area contributed by atoms with Crippen molar-refractivity contribution in [2.75, 3.05) is 0 Å². The summed E-state index contributed by atoms with van der Waals surface area (Å²) >= 11 is 1.54. The maximum Gasteiger partial charge on any atom is 0.279 e. The Morgan fingerprint density at radius 2 is 2.10 bits per heavy atom. The van der Waals surface area contributed by atoms with Crippen LogP contribution in [0.3, 0.4) is 0 Å². The number of fused-ring (bicyclic) bond motifs is 1. The van der Waals surface area contributed by atoms with E-state index in [-0.39, 0.29) is 17.7 Å². The summed E-state index contributed by atoms with van der Waals surface area (Å²) in [6.07, 6.45) is 10.0. The molecule has 1 heterocycles. The molecule has 1 aromatic rings. The van der Waals surface area contributed by atoms with E-state index in [2.05, 4.69) is 16.9 Å². The van der Waals surface area contributed by atoms with Gasteiger partial charge in [-0.15, -0.1) is 11.3 Å². The molecule has 5 heteroatoms. The van der Waals surface area contributed by atoms with Gasteiger partial charge < -0.3 is 0 Å². The number of carbonyl (C=O) groups excluding carboxylic acids is 2. The average Bonchev–Trinajstić information content (AvgIpc) is 3.06. The lowest BCUT2D eigenvalue weighted by Gasteiger charge is -2.17. The summed E-state index contributed by atoms with van der Waals surface area (Å²) in [7, 11) is 0. The Morgan fingerprint density at radius 3 is 2.85 bits per heavy atom. The summed E-state index contributed by atoms with van der Waals surface area (Å²) in [5, 5.41) is 0. The van der Waals surface area contributed by atoms with Gasteiger partial charge in [0.1, 0.15) is 0 Å². The highest BCUT2D eigenvalue weighted by Crippen LogP contribution is 2.30. The zero-order valence-corrected chi connectivity index (χ0v) is 12.1. The summed E-state index contributed by atoms with van der Waals surface area (Å²) < 4.78 is 0. The van der Waals surface area contributed by atoms with Crippen LogP contribution in [0.25, 0.3) is 0 Å². The van der Waals surface area contributed by atoms with E-state index in [1.54, 1.807) is 11.3 Å². The third kappa shape index (κ3) is 2.77. The number of amides is 2. The van der Waals surface area contributed by atoms with Crippen molar-refractivity contribution in [3.05, 3.63) is 33.5 Å². The number of rotatable bonds is 2. The molecule has 20 heavy (non-hydrogen) atoms. The Labute approximate surface area is 122 Å². The summed E-state index contributed by atoms with van der Waals surface area (Å²) in [6, 6.07) is 1.96. The van der Waals surface area contributed by atoms with Gasteiger partial charge >= 0.3 is 0 Å². The van der Waals surface area contributed by atoms with Gasteiger partial charge in [-0.05, 0) is 50.2 Å². The molecule has 2 amide bonds. The van der Waals surface area contributed by atoms with E-state index in [9.17, 15) is 9.59 Å². The second kappa shape index (κ2) is 5.79. The molecule has 0 saturated carbocycles. The minimum atomic E-state index is -0.205. The van der Waals surface area contributed by atoms with E-state index in [1.165, 1.54) is 16.9 Å². The number of aryl methyl sites for hydroxylation is 2. The minimum Gasteiger partial charge on any atom is -0.273 e. The molecule has 0 bridgehead atoms. The van der Waals surface area contributed by atoms with Crippen LogP contribution in [0.1, 0.15) is 45.8 Å². The van der Waals surface area contributed by atoms with Crippen LogP contribution >= 0.6 is 11.3 Å².